The number of nitrogens with zero attached hydrogens (tertiary/aromatic N) is 3. The molecule has 0 aliphatic rings. The maximum atomic E-state index is 13.0. The highest BCUT2D eigenvalue weighted by atomic mass is 79.9. The summed E-state index contributed by atoms with van der Waals surface area (Å²) in [6.07, 6.45) is 1.34. The Morgan fingerprint density at radius 3 is 2.47 bits per heavy atom. The first-order valence-electron chi connectivity index (χ1n) is 10.5. The van der Waals surface area contributed by atoms with Crippen molar-refractivity contribution < 1.29 is 19.6 Å². The Morgan fingerprint density at radius 1 is 1.11 bits per heavy atom. The van der Waals surface area contributed by atoms with E-state index in [2.05, 4.69) is 36.5 Å². The van der Waals surface area contributed by atoms with Crippen LogP contribution >= 0.6 is 15.9 Å². The molecule has 10 nitrogen and oxygen atoms in total. The molecule has 36 heavy (non-hydrogen) atoms. The summed E-state index contributed by atoms with van der Waals surface area (Å²) < 4.78 is 0.753. The standard InChI is InChI=1S/C25H18BrN5O5/c1-14-11-17(26)13-19-21(14)28-25(34)22(19)29-30-24(33)20(27-23(32)16-5-3-2-4-6-16)12-15-7-9-18(10-8-15)31(35)36/h2-13,28,34H,1H3,(H,27,32). The molecular formula is C25H18BrN5O5. The second-order valence-corrected chi connectivity index (χ2v) is 8.62. The van der Waals surface area contributed by atoms with Gasteiger partial charge in [0.1, 0.15) is 5.70 Å². The third-order valence-electron chi connectivity index (χ3n) is 5.19. The lowest BCUT2D eigenvalue weighted by atomic mass is 10.1. The van der Waals surface area contributed by atoms with Gasteiger partial charge in [0, 0.05) is 27.6 Å². The van der Waals surface area contributed by atoms with Crippen molar-refractivity contribution in [2.45, 2.75) is 6.92 Å². The Hall–Kier alpha value is -4.64. The summed E-state index contributed by atoms with van der Waals surface area (Å²) in [5, 5.41) is 32.0. The van der Waals surface area contributed by atoms with E-state index >= 15 is 0 Å². The molecule has 0 spiro atoms. The van der Waals surface area contributed by atoms with Crippen molar-refractivity contribution in [1.82, 2.24) is 10.3 Å². The molecule has 1 aromatic heterocycles. The highest BCUT2D eigenvalue weighted by Crippen LogP contribution is 2.38. The largest absolute Gasteiger partial charge is 0.493 e. The van der Waals surface area contributed by atoms with Crippen LogP contribution in [0.5, 0.6) is 5.88 Å². The van der Waals surface area contributed by atoms with Crippen molar-refractivity contribution in [3.8, 4) is 5.88 Å². The molecule has 3 aromatic carbocycles. The molecule has 11 heteroatoms. The summed E-state index contributed by atoms with van der Waals surface area (Å²) in [5.74, 6) is -1.71. The van der Waals surface area contributed by atoms with Crippen molar-refractivity contribution in [3.63, 3.8) is 0 Å². The molecule has 0 fully saturated rings. The minimum absolute atomic E-state index is 0.0619. The lowest BCUT2D eigenvalue weighted by Gasteiger charge is -2.07. The molecule has 4 aromatic rings. The van der Waals surface area contributed by atoms with E-state index in [0.29, 0.717) is 22.0 Å². The fraction of sp³-hybridized carbons (Fsp3) is 0.0400. The second-order valence-electron chi connectivity index (χ2n) is 7.70. The number of nitro groups is 1. The van der Waals surface area contributed by atoms with Gasteiger partial charge in [-0.1, -0.05) is 34.1 Å². The third kappa shape index (κ3) is 5.36. The number of H-pyrrole nitrogens is 1. The minimum Gasteiger partial charge on any atom is -0.493 e. The molecule has 0 atom stereocenters. The van der Waals surface area contributed by atoms with Gasteiger partial charge in [-0.15, -0.1) is 10.2 Å². The number of aromatic hydroxyl groups is 1. The van der Waals surface area contributed by atoms with Crippen LogP contribution in [-0.2, 0) is 4.79 Å². The zero-order chi connectivity index (χ0) is 25.8. The number of rotatable bonds is 6. The number of aromatic nitrogens is 1. The van der Waals surface area contributed by atoms with Gasteiger partial charge in [-0.2, -0.15) is 0 Å². The maximum Gasteiger partial charge on any atom is 0.311 e. The second kappa shape index (κ2) is 10.3. The highest BCUT2D eigenvalue weighted by molar-refractivity contribution is 9.10. The van der Waals surface area contributed by atoms with Gasteiger partial charge in [0.2, 0.25) is 5.88 Å². The average Bonchev–Trinajstić information content (AvgIpc) is 3.18. The number of benzene rings is 3. The number of hydrogen-bond donors (Lipinski definition) is 3. The quantitative estimate of drug-likeness (QED) is 0.118. The summed E-state index contributed by atoms with van der Waals surface area (Å²) in [4.78, 5) is 38.9. The van der Waals surface area contributed by atoms with Crippen LogP contribution in [0.25, 0.3) is 17.0 Å². The molecule has 2 amide bonds. The predicted octanol–water partition coefficient (Wildman–Crippen LogP) is 5.93. The van der Waals surface area contributed by atoms with Crippen LogP contribution in [0.2, 0.25) is 0 Å². The number of fused-ring (bicyclic) bond motifs is 1. The number of aryl methyl sites for hydroxylation is 1. The summed E-state index contributed by atoms with van der Waals surface area (Å²) in [6.45, 7) is 1.85. The van der Waals surface area contributed by atoms with Crippen molar-refractivity contribution in [3.05, 3.63) is 104 Å². The minimum atomic E-state index is -0.891. The van der Waals surface area contributed by atoms with Crippen LogP contribution < -0.4 is 5.32 Å². The van der Waals surface area contributed by atoms with E-state index < -0.39 is 16.7 Å². The van der Waals surface area contributed by atoms with Crippen LogP contribution in [-0.4, -0.2) is 26.8 Å². The fourth-order valence-corrected chi connectivity index (χ4v) is 4.02. The van der Waals surface area contributed by atoms with Gasteiger partial charge < -0.3 is 15.4 Å². The number of nitro benzene ring substituents is 1. The van der Waals surface area contributed by atoms with Gasteiger partial charge in [0.05, 0.1) is 10.4 Å². The van der Waals surface area contributed by atoms with E-state index in [9.17, 15) is 24.8 Å². The van der Waals surface area contributed by atoms with E-state index in [4.69, 9.17) is 0 Å². The molecule has 0 bridgehead atoms. The van der Waals surface area contributed by atoms with Gasteiger partial charge in [-0.3, -0.25) is 19.7 Å². The molecule has 4 rings (SSSR count). The number of non-ortho nitro benzene ring substituents is 1. The number of nitrogens with one attached hydrogen (secondary N) is 2. The van der Waals surface area contributed by atoms with Crippen molar-refractivity contribution in [2.24, 2.45) is 10.2 Å². The first-order valence-corrected chi connectivity index (χ1v) is 11.3. The number of azo groups is 1. The zero-order valence-corrected chi connectivity index (χ0v) is 20.3. The number of aromatic amines is 1. The van der Waals surface area contributed by atoms with E-state index in [1.165, 1.54) is 30.3 Å². The molecule has 0 saturated carbocycles. The van der Waals surface area contributed by atoms with Crippen LogP contribution in [0, 0.1) is 17.0 Å². The zero-order valence-electron chi connectivity index (χ0n) is 18.7. The van der Waals surface area contributed by atoms with Gasteiger partial charge in [0.15, 0.2) is 5.69 Å². The number of carbonyl (C=O) groups excluding carboxylic acids is 2. The van der Waals surface area contributed by atoms with Crippen LogP contribution in [0.3, 0.4) is 0 Å². The van der Waals surface area contributed by atoms with Gasteiger partial charge in [-0.05, 0) is 60.5 Å². The monoisotopic (exact) mass is 547 g/mol. The number of halogens is 1. The summed E-state index contributed by atoms with van der Waals surface area (Å²) in [7, 11) is 0. The Labute approximate surface area is 212 Å². The predicted molar refractivity (Wildman–Crippen MR) is 137 cm³/mol. The van der Waals surface area contributed by atoms with E-state index in [0.717, 1.165) is 10.0 Å². The van der Waals surface area contributed by atoms with Gasteiger partial charge in [0.25, 0.3) is 11.6 Å². The molecule has 180 valence electrons. The van der Waals surface area contributed by atoms with Crippen LogP contribution in [0.4, 0.5) is 11.4 Å². The highest BCUT2D eigenvalue weighted by Gasteiger charge is 2.17. The van der Waals surface area contributed by atoms with Gasteiger partial charge >= 0.3 is 5.91 Å². The Morgan fingerprint density at radius 2 is 1.81 bits per heavy atom. The molecule has 0 aliphatic carbocycles. The summed E-state index contributed by atoms with van der Waals surface area (Å²) in [6, 6.07) is 17.3. The molecule has 0 saturated heterocycles. The lowest BCUT2D eigenvalue weighted by molar-refractivity contribution is -0.384. The van der Waals surface area contributed by atoms with Crippen LogP contribution in [0.15, 0.2) is 87.1 Å². The summed E-state index contributed by atoms with van der Waals surface area (Å²) >= 11 is 3.40. The number of hydrogen-bond acceptors (Lipinski definition) is 6. The smallest absolute Gasteiger partial charge is 0.311 e. The number of carbonyl (C=O) groups is 2. The first kappa shape index (κ1) is 24.5. The van der Waals surface area contributed by atoms with Crippen molar-refractivity contribution in [1.29, 1.82) is 0 Å². The average molecular weight is 548 g/mol. The fourth-order valence-electron chi connectivity index (χ4n) is 3.45. The topological polar surface area (TPSA) is 150 Å². The molecule has 0 aliphatic heterocycles. The molecule has 3 N–H and O–H groups in total. The summed E-state index contributed by atoms with van der Waals surface area (Å²) in [5.41, 5.74) is 1.94. The molecule has 0 unspecified atom stereocenters. The first-order chi connectivity index (χ1) is 17.2. The van der Waals surface area contributed by atoms with Crippen molar-refractivity contribution in [2.75, 3.05) is 0 Å². The molecule has 1 heterocycles. The molecule has 0 radical (unpaired) electrons. The number of amides is 2. The van der Waals surface area contributed by atoms with E-state index in [-0.39, 0.29) is 23.0 Å². The normalized spacial score (nSPS) is 11.7. The van der Waals surface area contributed by atoms with Crippen molar-refractivity contribution >= 4 is 56.1 Å². The third-order valence-corrected chi connectivity index (χ3v) is 5.65. The van der Waals surface area contributed by atoms with E-state index in [1.54, 1.807) is 36.4 Å². The van der Waals surface area contributed by atoms with Crippen LogP contribution in [0.1, 0.15) is 21.5 Å². The Kier molecular flexibility index (Phi) is 7.02. The lowest BCUT2D eigenvalue weighted by Crippen LogP contribution is -2.26. The van der Waals surface area contributed by atoms with E-state index in [1.807, 2.05) is 13.0 Å². The SMILES string of the molecule is Cc1cc(Br)cc2c(N=NC(=O)C(=Cc3ccc([N+](=O)[O-])cc3)NC(=O)c3ccccc3)c(O)[nH]c12. The molecular weight excluding hydrogens is 530 g/mol. The maximum absolute atomic E-state index is 13.0. The van der Waals surface area contributed by atoms with Gasteiger partial charge in [-0.25, -0.2) is 0 Å². The Balaban J connectivity index is 1.69. The Bertz CT molecular complexity index is 1540.